The summed E-state index contributed by atoms with van der Waals surface area (Å²) in [6.45, 7) is 12.6. The van der Waals surface area contributed by atoms with E-state index < -0.39 is 8.32 Å². The predicted molar refractivity (Wildman–Crippen MR) is 89.1 cm³/mol. The third-order valence-electron chi connectivity index (χ3n) is 4.65. The maximum atomic E-state index is 6.36. The van der Waals surface area contributed by atoms with Gasteiger partial charge in [0, 0.05) is 0 Å². The topological polar surface area (TPSA) is 9.23 Å². The van der Waals surface area contributed by atoms with Gasteiger partial charge in [0.1, 0.15) is 6.54 Å². The minimum Gasteiger partial charge on any atom is -0.411 e. The predicted octanol–water partition coefficient (Wildman–Crippen LogP) is 4.66. The van der Waals surface area contributed by atoms with Crippen LogP contribution < -0.4 is 0 Å². The highest BCUT2D eigenvalue weighted by atomic mass is 28.4. The van der Waals surface area contributed by atoms with E-state index in [1.165, 1.54) is 56.9 Å². The average Bonchev–Trinajstić information content (AvgIpc) is 2.40. The minimum atomic E-state index is -1.37. The van der Waals surface area contributed by atoms with Crippen molar-refractivity contribution in [3.05, 3.63) is 0 Å². The molecule has 0 atom stereocenters. The van der Waals surface area contributed by atoms with Crippen molar-refractivity contribution in [2.24, 2.45) is 0 Å². The lowest BCUT2D eigenvalue weighted by molar-refractivity contribution is -0.890. The van der Waals surface area contributed by atoms with E-state index in [0.717, 1.165) is 11.1 Å². The monoisotopic (exact) mass is 288 g/mol. The van der Waals surface area contributed by atoms with Gasteiger partial charge in [-0.2, -0.15) is 0 Å². The first-order valence-electron chi connectivity index (χ1n) is 8.41. The number of nitrogens with zero attached hydrogens (tertiary/aromatic N) is 1. The van der Waals surface area contributed by atoms with Crippen molar-refractivity contribution < 1.29 is 8.91 Å². The first kappa shape index (κ1) is 19.1. The molecule has 0 aromatic rings. The lowest BCUT2D eigenvalue weighted by Gasteiger charge is -2.33. The number of unbranched alkanes of at least 4 members (excludes halogenated alkanes) is 3. The van der Waals surface area contributed by atoms with Crippen LogP contribution in [0.1, 0.15) is 53.4 Å². The van der Waals surface area contributed by atoms with Crippen LogP contribution in [0.4, 0.5) is 0 Å². The van der Waals surface area contributed by atoms with Gasteiger partial charge >= 0.3 is 0 Å². The van der Waals surface area contributed by atoms with Crippen molar-refractivity contribution in [1.82, 2.24) is 0 Å². The van der Waals surface area contributed by atoms with Gasteiger partial charge < -0.3 is 8.91 Å². The fourth-order valence-corrected chi connectivity index (χ4v) is 5.28. The van der Waals surface area contributed by atoms with Crippen molar-refractivity contribution in [1.29, 1.82) is 0 Å². The Bertz CT molecular complexity index is 207. The summed E-state index contributed by atoms with van der Waals surface area (Å²) in [5.41, 5.74) is 0. The molecule has 0 spiro atoms. The highest BCUT2D eigenvalue weighted by molar-refractivity contribution is 6.73. The molecule has 0 aliphatic carbocycles. The van der Waals surface area contributed by atoms with Crippen LogP contribution in [-0.4, -0.2) is 46.6 Å². The first-order valence-corrected chi connectivity index (χ1v) is 10.9. The molecule has 0 amide bonds. The summed E-state index contributed by atoms with van der Waals surface area (Å²) in [4.78, 5) is 0. The van der Waals surface area contributed by atoms with Gasteiger partial charge in [-0.05, 0) is 31.0 Å². The summed E-state index contributed by atoms with van der Waals surface area (Å²) in [6.07, 6.45) is 5.46. The zero-order valence-electron chi connectivity index (χ0n) is 14.4. The van der Waals surface area contributed by atoms with E-state index in [2.05, 4.69) is 41.8 Å². The summed E-state index contributed by atoms with van der Waals surface area (Å²) < 4.78 is 7.48. The molecule has 0 bridgehead atoms. The lowest BCUT2D eigenvalue weighted by Crippen LogP contribution is -2.45. The average molecular weight is 289 g/mol. The van der Waals surface area contributed by atoms with Gasteiger partial charge in [0.2, 0.25) is 0 Å². The second-order valence-corrected chi connectivity index (χ2v) is 11.3. The molecule has 0 aromatic carbocycles. The summed E-state index contributed by atoms with van der Waals surface area (Å²) in [7, 11) is 3.33. The van der Waals surface area contributed by atoms with E-state index in [4.69, 9.17) is 4.43 Å². The lowest BCUT2D eigenvalue weighted by atomic mass is 10.2. The third-order valence-corrected chi connectivity index (χ3v) is 9.34. The molecule has 0 N–H and O–H groups in total. The molecule has 2 nitrogen and oxygen atoms in total. The van der Waals surface area contributed by atoms with E-state index >= 15 is 0 Å². The fraction of sp³-hybridized carbons (Fsp3) is 1.00. The summed E-state index contributed by atoms with van der Waals surface area (Å²) in [6, 6.07) is 3.80. The molecular formula is C16H38NOSi+. The highest BCUT2D eigenvalue weighted by Crippen LogP contribution is 2.21. The van der Waals surface area contributed by atoms with Crippen molar-refractivity contribution in [2.45, 2.75) is 71.5 Å². The largest absolute Gasteiger partial charge is 0.411 e. The van der Waals surface area contributed by atoms with Gasteiger partial charge in [-0.1, -0.05) is 40.5 Å². The molecule has 0 aromatic heterocycles. The zero-order valence-corrected chi connectivity index (χ0v) is 15.4. The Labute approximate surface area is 123 Å². The molecule has 0 radical (unpaired) electrons. The van der Waals surface area contributed by atoms with Gasteiger partial charge in [-0.15, -0.1) is 0 Å². The maximum absolute atomic E-state index is 6.36. The highest BCUT2D eigenvalue weighted by Gasteiger charge is 2.29. The Morgan fingerprint density at radius 3 is 1.84 bits per heavy atom. The number of hydrogen-bond donors (Lipinski definition) is 0. The molecule has 19 heavy (non-hydrogen) atoms. The minimum absolute atomic E-state index is 0.961. The molecule has 0 saturated heterocycles. The van der Waals surface area contributed by atoms with Crippen molar-refractivity contribution in [2.75, 3.05) is 33.8 Å². The zero-order chi connectivity index (χ0) is 14.8. The van der Waals surface area contributed by atoms with Crippen LogP contribution in [-0.2, 0) is 4.43 Å². The quantitative estimate of drug-likeness (QED) is 0.288. The molecule has 0 aliphatic heterocycles. The van der Waals surface area contributed by atoms with Gasteiger partial charge in [-0.25, -0.2) is 0 Å². The molecular weight excluding hydrogens is 250 g/mol. The van der Waals surface area contributed by atoms with Crippen LogP contribution in [0.3, 0.4) is 0 Å². The van der Waals surface area contributed by atoms with Crippen molar-refractivity contribution in [3.63, 3.8) is 0 Å². The molecule has 116 valence electrons. The van der Waals surface area contributed by atoms with Crippen molar-refractivity contribution >= 4 is 8.32 Å². The molecule has 0 aliphatic rings. The van der Waals surface area contributed by atoms with Crippen LogP contribution >= 0.6 is 0 Å². The molecule has 0 fully saturated rings. The van der Waals surface area contributed by atoms with Gasteiger partial charge in [-0.3, -0.25) is 0 Å². The van der Waals surface area contributed by atoms with Crippen LogP contribution in [0.2, 0.25) is 18.1 Å². The SMILES string of the molecule is CCCCCC[N+](C)(C)CCO[Si](CC)(CC)CC. The summed E-state index contributed by atoms with van der Waals surface area (Å²) in [5.74, 6) is 0. The maximum Gasteiger partial charge on any atom is 0.192 e. The fourth-order valence-electron chi connectivity index (χ4n) is 2.64. The van der Waals surface area contributed by atoms with Crippen LogP contribution in [0.5, 0.6) is 0 Å². The summed E-state index contributed by atoms with van der Waals surface area (Å²) in [5, 5.41) is 0. The third kappa shape index (κ3) is 8.11. The molecule has 0 rings (SSSR count). The van der Waals surface area contributed by atoms with E-state index in [-0.39, 0.29) is 0 Å². The first-order chi connectivity index (χ1) is 8.95. The second kappa shape index (κ2) is 9.95. The van der Waals surface area contributed by atoms with Gasteiger partial charge in [0.25, 0.3) is 0 Å². The standard InChI is InChI=1S/C16H38NOSi/c1-7-11-12-13-14-17(5,6)15-16-18-19(8-2,9-3)10-4/h7-16H2,1-6H3/q+1. The summed E-state index contributed by atoms with van der Waals surface area (Å²) >= 11 is 0. The van der Waals surface area contributed by atoms with E-state index in [1.807, 2.05) is 0 Å². The number of quaternary nitrogens is 1. The normalized spacial score (nSPS) is 12.9. The Kier molecular flexibility index (Phi) is 10.0. The Morgan fingerprint density at radius 1 is 0.789 bits per heavy atom. The van der Waals surface area contributed by atoms with Crippen molar-refractivity contribution in [3.8, 4) is 0 Å². The van der Waals surface area contributed by atoms with Crippen LogP contribution in [0.15, 0.2) is 0 Å². The number of hydrogen-bond acceptors (Lipinski definition) is 1. The van der Waals surface area contributed by atoms with Crippen LogP contribution in [0, 0.1) is 0 Å². The van der Waals surface area contributed by atoms with Crippen LogP contribution in [0.25, 0.3) is 0 Å². The van der Waals surface area contributed by atoms with E-state index in [0.29, 0.717) is 0 Å². The molecule has 0 unspecified atom stereocenters. The van der Waals surface area contributed by atoms with Gasteiger partial charge in [0.05, 0.1) is 27.2 Å². The second-order valence-electron chi connectivity index (χ2n) is 6.54. The van der Waals surface area contributed by atoms with E-state index in [9.17, 15) is 0 Å². The Morgan fingerprint density at radius 2 is 1.37 bits per heavy atom. The smallest absolute Gasteiger partial charge is 0.192 e. The Balaban J connectivity index is 3.95. The van der Waals surface area contributed by atoms with Gasteiger partial charge in [0.15, 0.2) is 8.32 Å². The van der Waals surface area contributed by atoms with E-state index in [1.54, 1.807) is 0 Å². The Hall–Kier alpha value is 0.137. The molecule has 3 heteroatoms. The molecule has 0 heterocycles. The number of likely N-dealkylation sites (N-methyl/N-ethyl adjacent to an activating group) is 1. The molecule has 0 saturated carbocycles. The number of rotatable bonds is 12.